The van der Waals surface area contributed by atoms with Crippen LogP contribution in [0.4, 0.5) is 5.82 Å². The summed E-state index contributed by atoms with van der Waals surface area (Å²) < 4.78 is 1.99. The molecule has 0 spiro atoms. The zero-order valence-electron chi connectivity index (χ0n) is 11.1. The predicted octanol–water partition coefficient (Wildman–Crippen LogP) is 1.66. The van der Waals surface area contributed by atoms with Crippen molar-refractivity contribution in [1.82, 2.24) is 20.0 Å². The molecular weight excluding hydrogens is 240 g/mol. The van der Waals surface area contributed by atoms with Gasteiger partial charge in [-0.05, 0) is 32.4 Å². The highest BCUT2D eigenvalue weighted by atomic mass is 15.3. The Morgan fingerprint density at radius 3 is 2.95 bits per heavy atom. The molecule has 0 bridgehead atoms. The Hall–Kier alpha value is -2.42. The Labute approximate surface area is 112 Å². The number of hydrogen-bond acceptors (Lipinski definition) is 5. The minimum atomic E-state index is 0.515. The van der Waals surface area contributed by atoms with Crippen LogP contribution in [0.15, 0.2) is 18.3 Å². The molecule has 6 nitrogen and oxygen atoms in total. The van der Waals surface area contributed by atoms with Crippen LogP contribution in [-0.4, -0.2) is 26.5 Å². The van der Waals surface area contributed by atoms with E-state index in [4.69, 9.17) is 5.26 Å². The maximum absolute atomic E-state index is 8.92. The second-order valence-electron chi connectivity index (χ2n) is 4.34. The van der Waals surface area contributed by atoms with E-state index in [1.54, 1.807) is 6.07 Å². The molecule has 2 rings (SSSR count). The fourth-order valence-corrected chi connectivity index (χ4v) is 1.89. The summed E-state index contributed by atoms with van der Waals surface area (Å²) in [5.74, 6) is 0.540. The highest BCUT2D eigenvalue weighted by molar-refractivity contribution is 5.49. The molecule has 0 amide bonds. The van der Waals surface area contributed by atoms with Crippen molar-refractivity contribution in [3.8, 4) is 6.07 Å². The number of hydrogen-bond donors (Lipinski definition) is 1. The number of rotatable bonds is 5. The first-order valence-electron chi connectivity index (χ1n) is 6.17. The van der Waals surface area contributed by atoms with E-state index in [1.807, 2.05) is 18.5 Å². The second kappa shape index (κ2) is 5.96. The van der Waals surface area contributed by atoms with E-state index < -0.39 is 0 Å². The van der Waals surface area contributed by atoms with Crippen molar-refractivity contribution < 1.29 is 0 Å². The van der Waals surface area contributed by atoms with Crippen LogP contribution in [0.25, 0.3) is 0 Å². The molecular formula is C13H16N6. The minimum absolute atomic E-state index is 0.515. The average molecular weight is 256 g/mol. The normalized spacial score (nSPS) is 10.2. The number of aryl methyl sites for hydroxylation is 3. The Bertz CT molecular complexity index is 595. The third kappa shape index (κ3) is 3.28. The average Bonchev–Trinajstić information content (AvgIpc) is 2.73. The predicted molar refractivity (Wildman–Crippen MR) is 71.6 cm³/mol. The highest BCUT2D eigenvalue weighted by Crippen LogP contribution is 2.08. The Morgan fingerprint density at radius 2 is 2.26 bits per heavy atom. The van der Waals surface area contributed by atoms with Crippen molar-refractivity contribution in [2.45, 2.75) is 26.8 Å². The minimum Gasteiger partial charge on any atom is -0.367 e. The van der Waals surface area contributed by atoms with Gasteiger partial charge < -0.3 is 5.32 Å². The van der Waals surface area contributed by atoms with Crippen molar-refractivity contribution in [1.29, 1.82) is 5.26 Å². The van der Waals surface area contributed by atoms with Gasteiger partial charge >= 0.3 is 0 Å². The Morgan fingerprint density at radius 1 is 1.42 bits per heavy atom. The van der Waals surface area contributed by atoms with Gasteiger partial charge in [0, 0.05) is 18.8 Å². The molecule has 0 aliphatic carbocycles. The van der Waals surface area contributed by atoms with Crippen LogP contribution in [-0.2, 0) is 6.54 Å². The van der Waals surface area contributed by atoms with Crippen molar-refractivity contribution in [2.24, 2.45) is 0 Å². The summed E-state index contributed by atoms with van der Waals surface area (Å²) in [6, 6.07) is 5.79. The quantitative estimate of drug-likeness (QED) is 0.823. The first-order chi connectivity index (χ1) is 9.20. The summed E-state index contributed by atoms with van der Waals surface area (Å²) in [7, 11) is 0. The van der Waals surface area contributed by atoms with Crippen molar-refractivity contribution in [2.75, 3.05) is 11.9 Å². The number of nitriles is 1. The summed E-state index contributed by atoms with van der Waals surface area (Å²) in [4.78, 5) is 0. The maximum Gasteiger partial charge on any atom is 0.166 e. The fraction of sp³-hybridized carbons (Fsp3) is 0.385. The number of anilines is 1. The van der Waals surface area contributed by atoms with Gasteiger partial charge in [0.05, 0.1) is 17.5 Å². The number of nitrogens with zero attached hydrogens (tertiary/aromatic N) is 5. The molecule has 0 saturated carbocycles. The molecule has 2 heterocycles. The molecule has 2 aromatic heterocycles. The summed E-state index contributed by atoms with van der Waals surface area (Å²) >= 11 is 0. The lowest BCUT2D eigenvalue weighted by atomic mass is 10.3. The van der Waals surface area contributed by atoms with Crippen LogP contribution in [0.2, 0.25) is 0 Å². The van der Waals surface area contributed by atoms with E-state index in [0.717, 1.165) is 30.9 Å². The zero-order valence-corrected chi connectivity index (χ0v) is 11.1. The van der Waals surface area contributed by atoms with Crippen molar-refractivity contribution >= 4 is 5.82 Å². The third-order valence-corrected chi connectivity index (χ3v) is 2.78. The highest BCUT2D eigenvalue weighted by Gasteiger charge is 2.03. The summed E-state index contributed by atoms with van der Waals surface area (Å²) in [5, 5.41) is 24.1. The van der Waals surface area contributed by atoms with E-state index in [-0.39, 0.29) is 0 Å². The van der Waals surface area contributed by atoms with Crippen molar-refractivity contribution in [3.05, 3.63) is 35.3 Å². The van der Waals surface area contributed by atoms with Crippen LogP contribution in [0.1, 0.15) is 23.4 Å². The third-order valence-electron chi connectivity index (χ3n) is 2.78. The monoisotopic (exact) mass is 256 g/mol. The first kappa shape index (κ1) is 13.0. The summed E-state index contributed by atoms with van der Waals surface area (Å²) in [6.07, 6.45) is 2.42. The lowest BCUT2D eigenvalue weighted by molar-refractivity contribution is 0.573. The molecule has 6 heteroatoms. The van der Waals surface area contributed by atoms with Crippen LogP contribution in [0.5, 0.6) is 0 Å². The molecule has 19 heavy (non-hydrogen) atoms. The first-order valence-corrected chi connectivity index (χ1v) is 6.17. The standard InChI is InChI=1S/C13H16N6/c1-10-8-11(2)19(18-10)7-3-5-15-13-12(9-14)4-6-16-17-13/h4,6,8H,3,5,7H2,1-2H3,(H,15,17). The molecule has 98 valence electrons. The van der Waals surface area contributed by atoms with E-state index in [2.05, 4.69) is 32.7 Å². The van der Waals surface area contributed by atoms with Crippen LogP contribution < -0.4 is 5.32 Å². The molecule has 0 unspecified atom stereocenters. The van der Waals surface area contributed by atoms with Crippen LogP contribution in [0.3, 0.4) is 0 Å². The molecule has 0 saturated heterocycles. The molecule has 2 aromatic rings. The van der Waals surface area contributed by atoms with Gasteiger partial charge in [0.1, 0.15) is 6.07 Å². The van der Waals surface area contributed by atoms with Gasteiger partial charge in [-0.3, -0.25) is 4.68 Å². The van der Waals surface area contributed by atoms with E-state index >= 15 is 0 Å². The molecule has 0 fully saturated rings. The molecule has 0 atom stereocenters. The molecule has 1 N–H and O–H groups in total. The largest absolute Gasteiger partial charge is 0.367 e. The second-order valence-corrected chi connectivity index (χ2v) is 4.34. The van der Waals surface area contributed by atoms with Crippen molar-refractivity contribution in [3.63, 3.8) is 0 Å². The van der Waals surface area contributed by atoms with Gasteiger partial charge in [-0.2, -0.15) is 15.5 Å². The van der Waals surface area contributed by atoms with Gasteiger partial charge in [0.2, 0.25) is 0 Å². The topological polar surface area (TPSA) is 79.4 Å². The molecule has 0 aliphatic rings. The maximum atomic E-state index is 8.92. The zero-order chi connectivity index (χ0) is 13.7. The van der Waals surface area contributed by atoms with Gasteiger partial charge in [-0.15, -0.1) is 5.10 Å². The smallest absolute Gasteiger partial charge is 0.166 e. The molecule has 0 aromatic carbocycles. The Kier molecular flexibility index (Phi) is 4.08. The molecule has 0 radical (unpaired) electrons. The van der Waals surface area contributed by atoms with Gasteiger partial charge in [-0.1, -0.05) is 0 Å². The number of aromatic nitrogens is 4. The van der Waals surface area contributed by atoms with Gasteiger partial charge in [0.25, 0.3) is 0 Å². The lowest BCUT2D eigenvalue weighted by Gasteiger charge is -2.07. The fourth-order valence-electron chi connectivity index (χ4n) is 1.89. The Balaban J connectivity index is 1.84. The van der Waals surface area contributed by atoms with Crippen LogP contribution >= 0.6 is 0 Å². The van der Waals surface area contributed by atoms with E-state index in [1.165, 1.54) is 6.20 Å². The molecule has 0 aliphatic heterocycles. The van der Waals surface area contributed by atoms with Gasteiger partial charge in [0.15, 0.2) is 5.82 Å². The van der Waals surface area contributed by atoms with E-state index in [9.17, 15) is 0 Å². The number of nitrogens with one attached hydrogen (secondary N) is 1. The van der Waals surface area contributed by atoms with Crippen LogP contribution in [0, 0.1) is 25.2 Å². The van der Waals surface area contributed by atoms with Gasteiger partial charge in [-0.25, -0.2) is 0 Å². The van der Waals surface area contributed by atoms with E-state index in [0.29, 0.717) is 11.4 Å². The summed E-state index contributed by atoms with van der Waals surface area (Å²) in [5.41, 5.74) is 2.71. The SMILES string of the molecule is Cc1cc(C)n(CCCNc2nnccc2C#N)n1. The summed E-state index contributed by atoms with van der Waals surface area (Å²) in [6.45, 7) is 5.60. The lowest BCUT2D eigenvalue weighted by Crippen LogP contribution is -2.10.